The lowest BCUT2D eigenvalue weighted by Gasteiger charge is -2.15. The topological polar surface area (TPSA) is 89.6 Å². The summed E-state index contributed by atoms with van der Waals surface area (Å²) in [4.78, 5) is 3.75. The third kappa shape index (κ3) is 5.76. The standard InChI is InChI=1S/C36H37NO8/c1-38-25-13-9-21(17-29(25)42-5)33-34(22-10-14-26(39-2)30(18-22)43-6)36(24-12-16-28(41-4)32(20-24)45-8)37-35(33)23-11-15-27(40-3)31(19-23)44-7/h9-20,37H,1-8H3. The minimum atomic E-state index is 0.598. The number of benzene rings is 4. The number of hydrogen-bond donors (Lipinski definition) is 1. The third-order valence-corrected chi connectivity index (χ3v) is 7.69. The fourth-order valence-electron chi connectivity index (χ4n) is 5.48. The molecule has 0 fully saturated rings. The summed E-state index contributed by atoms with van der Waals surface area (Å²) in [7, 11) is 13.0. The van der Waals surface area contributed by atoms with Crippen molar-refractivity contribution in [1.29, 1.82) is 0 Å². The van der Waals surface area contributed by atoms with Gasteiger partial charge in [-0.1, -0.05) is 12.1 Å². The Bertz CT molecular complexity index is 1680. The van der Waals surface area contributed by atoms with Crippen molar-refractivity contribution in [2.24, 2.45) is 0 Å². The van der Waals surface area contributed by atoms with Crippen LogP contribution in [-0.4, -0.2) is 61.9 Å². The van der Waals surface area contributed by atoms with Crippen LogP contribution >= 0.6 is 0 Å². The van der Waals surface area contributed by atoms with Gasteiger partial charge in [-0.05, 0) is 71.8 Å². The zero-order valence-corrected chi connectivity index (χ0v) is 26.7. The number of hydrogen-bond acceptors (Lipinski definition) is 8. The van der Waals surface area contributed by atoms with Gasteiger partial charge in [-0.15, -0.1) is 0 Å². The predicted octanol–water partition coefficient (Wildman–Crippen LogP) is 7.75. The van der Waals surface area contributed by atoms with Gasteiger partial charge < -0.3 is 42.9 Å². The molecule has 0 saturated carbocycles. The number of methoxy groups -OCH3 is 8. The molecule has 0 aliphatic rings. The van der Waals surface area contributed by atoms with Crippen LogP contribution in [0.5, 0.6) is 46.0 Å². The van der Waals surface area contributed by atoms with Gasteiger partial charge in [0.2, 0.25) is 0 Å². The number of nitrogens with one attached hydrogen (secondary N) is 1. The average Bonchev–Trinajstić information content (AvgIpc) is 3.50. The van der Waals surface area contributed by atoms with Gasteiger partial charge in [-0.3, -0.25) is 0 Å². The summed E-state index contributed by atoms with van der Waals surface area (Å²) in [6.07, 6.45) is 0. The molecule has 0 amide bonds. The van der Waals surface area contributed by atoms with Crippen molar-refractivity contribution >= 4 is 0 Å². The van der Waals surface area contributed by atoms with E-state index in [-0.39, 0.29) is 0 Å². The smallest absolute Gasteiger partial charge is 0.161 e. The molecule has 5 rings (SSSR count). The molecular formula is C36H37NO8. The first-order valence-electron chi connectivity index (χ1n) is 14.1. The van der Waals surface area contributed by atoms with E-state index in [4.69, 9.17) is 37.9 Å². The molecule has 0 saturated heterocycles. The number of ether oxygens (including phenoxy) is 8. The number of rotatable bonds is 12. The van der Waals surface area contributed by atoms with Crippen LogP contribution in [0.3, 0.4) is 0 Å². The zero-order chi connectivity index (χ0) is 32.1. The monoisotopic (exact) mass is 611 g/mol. The normalized spacial score (nSPS) is 10.7. The minimum Gasteiger partial charge on any atom is -0.493 e. The van der Waals surface area contributed by atoms with Crippen LogP contribution in [0.1, 0.15) is 0 Å². The second-order valence-electron chi connectivity index (χ2n) is 9.90. The first-order chi connectivity index (χ1) is 21.9. The molecular weight excluding hydrogens is 574 g/mol. The van der Waals surface area contributed by atoms with Crippen LogP contribution in [0.25, 0.3) is 44.8 Å². The maximum absolute atomic E-state index is 5.73. The molecule has 1 aromatic heterocycles. The Hall–Kier alpha value is -5.44. The zero-order valence-electron chi connectivity index (χ0n) is 26.7. The highest BCUT2D eigenvalue weighted by molar-refractivity contribution is 6.02. The Morgan fingerprint density at radius 3 is 0.822 bits per heavy atom. The molecule has 9 heteroatoms. The van der Waals surface area contributed by atoms with E-state index in [1.54, 1.807) is 56.9 Å². The Balaban J connectivity index is 1.93. The highest BCUT2D eigenvalue weighted by Crippen LogP contribution is 2.50. The van der Waals surface area contributed by atoms with Crippen molar-refractivity contribution in [3.05, 3.63) is 72.8 Å². The fraction of sp³-hybridized carbons (Fsp3) is 0.222. The SMILES string of the molecule is COc1ccc(-c2[nH]c(-c3ccc(OC)c(OC)c3)c(-c3ccc(OC)c(OC)c3)c2-c2ccc(OC)c(OC)c2)cc1OC. The molecule has 234 valence electrons. The summed E-state index contributed by atoms with van der Waals surface area (Å²) in [6.45, 7) is 0. The molecule has 0 unspecified atom stereocenters. The van der Waals surface area contributed by atoms with Gasteiger partial charge in [0.05, 0.1) is 68.3 Å². The second kappa shape index (κ2) is 13.5. The Morgan fingerprint density at radius 1 is 0.311 bits per heavy atom. The molecule has 0 spiro atoms. The summed E-state index contributed by atoms with van der Waals surface area (Å²) in [6, 6.07) is 23.4. The van der Waals surface area contributed by atoms with Crippen molar-refractivity contribution in [3.63, 3.8) is 0 Å². The lowest BCUT2D eigenvalue weighted by Crippen LogP contribution is -1.94. The summed E-state index contributed by atoms with van der Waals surface area (Å²) in [5, 5.41) is 0. The van der Waals surface area contributed by atoms with E-state index >= 15 is 0 Å². The van der Waals surface area contributed by atoms with Gasteiger partial charge in [-0.25, -0.2) is 0 Å². The van der Waals surface area contributed by atoms with Crippen molar-refractivity contribution in [3.8, 4) is 90.8 Å². The van der Waals surface area contributed by atoms with E-state index in [1.807, 2.05) is 72.8 Å². The minimum absolute atomic E-state index is 0.598. The van der Waals surface area contributed by atoms with E-state index in [2.05, 4.69) is 4.98 Å². The molecule has 0 bridgehead atoms. The van der Waals surface area contributed by atoms with Gasteiger partial charge in [0, 0.05) is 22.3 Å². The van der Waals surface area contributed by atoms with E-state index in [0.717, 1.165) is 44.8 Å². The van der Waals surface area contributed by atoms with Gasteiger partial charge in [-0.2, -0.15) is 0 Å². The first kappa shape index (κ1) is 31.0. The predicted molar refractivity (Wildman–Crippen MR) is 175 cm³/mol. The maximum atomic E-state index is 5.73. The summed E-state index contributed by atoms with van der Waals surface area (Å²) in [5.74, 6) is 4.89. The molecule has 0 atom stereocenters. The molecule has 45 heavy (non-hydrogen) atoms. The highest BCUT2D eigenvalue weighted by atomic mass is 16.5. The largest absolute Gasteiger partial charge is 0.493 e. The second-order valence-corrected chi connectivity index (χ2v) is 9.90. The molecule has 4 aromatic carbocycles. The molecule has 0 aliphatic heterocycles. The van der Waals surface area contributed by atoms with Crippen LogP contribution < -0.4 is 37.9 Å². The molecule has 0 radical (unpaired) electrons. The van der Waals surface area contributed by atoms with Gasteiger partial charge in [0.25, 0.3) is 0 Å². The van der Waals surface area contributed by atoms with E-state index in [0.29, 0.717) is 46.0 Å². The van der Waals surface area contributed by atoms with Crippen molar-refractivity contribution < 1.29 is 37.9 Å². The highest BCUT2D eigenvalue weighted by Gasteiger charge is 2.26. The lowest BCUT2D eigenvalue weighted by atomic mass is 9.91. The molecule has 0 aliphatic carbocycles. The Labute approximate surface area is 263 Å². The van der Waals surface area contributed by atoms with E-state index < -0.39 is 0 Å². The van der Waals surface area contributed by atoms with Crippen LogP contribution in [0.2, 0.25) is 0 Å². The third-order valence-electron chi connectivity index (χ3n) is 7.69. The maximum Gasteiger partial charge on any atom is 0.161 e. The molecule has 9 nitrogen and oxygen atoms in total. The van der Waals surface area contributed by atoms with Crippen LogP contribution in [-0.2, 0) is 0 Å². The summed E-state index contributed by atoms with van der Waals surface area (Å²) < 4.78 is 45.1. The van der Waals surface area contributed by atoms with Crippen LogP contribution in [0.15, 0.2) is 72.8 Å². The molecule has 1 heterocycles. The average molecular weight is 612 g/mol. The van der Waals surface area contributed by atoms with Crippen LogP contribution in [0.4, 0.5) is 0 Å². The number of aromatic nitrogens is 1. The van der Waals surface area contributed by atoms with Crippen molar-refractivity contribution in [2.45, 2.75) is 0 Å². The number of H-pyrrole nitrogens is 1. The van der Waals surface area contributed by atoms with Gasteiger partial charge in [0.1, 0.15) is 0 Å². The van der Waals surface area contributed by atoms with Gasteiger partial charge in [0.15, 0.2) is 46.0 Å². The Morgan fingerprint density at radius 2 is 0.556 bits per heavy atom. The van der Waals surface area contributed by atoms with Gasteiger partial charge >= 0.3 is 0 Å². The summed E-state index contributed by atoms with van der Waals surface area (Å²) in [5.41, 5.74) is 7.07. The first-order valence-corrected chi connectivity index (χ1v) is 14.1. The Kier molecular flexibility index (Phi) is 9.28. The lowest BCUT2D eigenvalue weighted by molar-refractivity contribution is 0.355. The van der Waals surface area contributed by atoms with Crippen molar-refractivity contribution in [1.82, 2.24) is 4.98 Å². The molecule has 1 N–H and O–H groups in total. The van der Waals surface area contributed by atoms with E-state index in [1.165, 1.54) is 0 Å². The van der Waals surface area contributed by atoms with Crippen molar-refractivity contribution in [2.75, 3.05) is 56.9 Å². The fourth-order valence-corrected chi connectivity index (χ4v) is 5.48. The number of aromatic amines is 1. The quantitative estimate of drug-likeness (QED) is 0.153. The summed E-state index contributed by atoms with van der Waals surface area (Å²) >= 11 is 0. The molecule has 5 aromatic rings. The van der Waals surface area contributed by atoms with Crippen LogP contribution in [0, 0.1) is 0 Å². The van der Waals surface area contributed by atoms with E-state index in [9.17, 15) is 0 Å².